The van der Waals surface area contributed by atoms with Gasteiger partial charge >= 0.3 is 0 Å². The van der Waals surface area contributed by atoms with Crippen LogP contribution in [0, 0.1) is 12.3 Å². The molecule has 0 aromatic carbocycles. The molecule has 1 heterocycles. The molecule has 0 bridgehead atoms. The number of carbonyl (C=O) groups excluding carboxylic acids is 1. The lowest BCUT2D eigenvalue weighted by atomic mass is 9.71. The molecule has 1 amide bonds. The van der Waals surface area contributed by atoms with Crippen LogP contribution in [0.5, 0.6) is 0 Å². The zero-order valence-corrected chi connectivity index (χ0v) is 12.4. The van der Waals surface area contributed by atoms with Gasteiger partial charge in [-0.2, -0.15) is 0 Å². The normalized spacial score (nSPS) is 18.2. The van der Waals surface area contributed by atoms with E-state index in [4.69, 9.17) is 5.73 Å². The van der Waals surface area contributed by atoms with Crippen LogP contribution < -0.4 is 11.1 Å². The number of hydrogen-bond acceptors (Lipinski definition) is 4. The molecule has 1 aliphatic carbocycles. The molecule has 0 aliphatic heterocycles. The van der Waals surface area contributed by atoms with Gasteiger partial charge in [-0.25, -0.2) is 4.98 Å². The Labute approximate surface area is 118 Å². The Hall–Kier alpha value is -0.940. The standard InChI is InChI=1S/C14H23N3OS/c1-11-17-12(9-19-11)8-16-13(18)7-14(10-15)5-3-2-4-6-14/h9H,2-8,10,15H2,1H3,(H,16,18). The molecule has 19 heavy (non-hydrogen) atoms. The van der Waals surface area contributed by atoms with Gasteiger partial charge in [-0.15, -0.1) is 11.3 Å². The minimum Gasteiger partial charge on any atom is -0.350 e. The summed E-state index contributed by atoms with van der Waals surface area (Å²) in [6.45, 7) is 3.13. The highest BCUT2D eigenvalue weighted by atomic mass is 32.1. The largest absolute Gasteiger partial charge is 0.350 e. The van der Waals surface area contributed by atoms with E-state index in [2.05, 4.69) is 10.3 Å². The van der Waals surface area contributed by atoms with Crippen molar-refractivity contribution in [2.75, 3.05) is 6.54 Å². The van der Waals surface area contributed by atoms with Gasteiger partial charge in [0.05, 0.1) is 17.2 Å². The SMILES string of the molecule is Cc1nc(CNC(=O)CC2(CN)CCCCC2)cs1. The molecular formula is C14H23N3OS. The fourth-order valence-electron chi connectivity index (χ4n) is 2.84. The number of thiazole rings is 1. The molecule has 1 aromatic rings. The van der Waals surface area contributed by atoms with Crippen LogP contribution in [0.3, 0.4) is 0 Å². The first-order valence-corrected chi connectivity index (χ1v) is 7.89. The monoisotopic (exact) mass is 281 g/mol. The first-order valence-electron chi connectivity index (χ1n) is 7.01. The number of rotatable bonds is 5. The van der Waals surface area contributed by atoms with E-state index in [-0.39, 0.29) is 11.3 Å². The summed E-state index contributed by atoms with van der Waals surface area (Å²) < 4.78 is 0. The Morgan fingerprint density at radius 2 is 2.21 bits per heavy atom. The van der Waals surface area contributed by atoms with Crippen molar-refractivity contribution < 1.29 is 4.79 Å². The first-order chi connectivity index (χ1) is 9.13. The maximum atomic E-state index is 12.1. The predicted molar refractivity (Wildman–Crippen MR) is 77.9 cm³/mol. The average Bonchev–Trinajstić information content (AvgIpc) is 2.83. The molecule has 0 saturated heterocycles. The van der Waals surface area contributed by atoms with Crippen molar-refractivity contribution in [1.82, 2.24) is 10.3 Å². The van der Waals surface area contributed by atoms with Crippen LogP contribution >= 0.6 is 11.3 Å². The van der Waals surface area contributed by atoms with Crippen molar-refractivity contribution in [3.8, 4) is 0 Å². The third kappa shape index (κ3) is 4.01. The molecule has 106 valence electrons. The maximum absolute atomic E-state index is 12.1. The zero-order chi connectivity index (χ0) is 13.7. The molecule has 2 rings (SSSR count). The van der Waals surface area contributed by atoms with E-state index in [1.165, 1.54) is 19.3 Å². The Balaban J connectivity index is 1.82. The van der Waals surface area contributed by atoms with Crippen molar-refractivity contribution in [1.29, 1.82) is 0 Å². The average molecular weight is 281 g/mol. The smallest absolute Gasteiger partial charge is 0.220 e. The van der Waals surface area contributed by atoms with E-state index in [9.17, 15) is 4.79 Å². The molecule has 0 atom stereocenters. The van der Waals surface area contributed by atoms with Crippen molar-refractivity contribution >= 4 is 17.2 Å². The summed E-state index contributed by atoms with van der Waals surface area (Å²) in [5.41, 5.74) is 6.89. The number of nitrogens with two attached hydrogens (primary N) is 1. The van der Waals surface area contributed by atoms with Gasteiger partial charge in [0.1, 0.15) is 0 Å². The van der Waals surface area contributed by atoms with Crippen molar-refractivity contribution in [2.24, 2.45) is 11.1 Å². The molecule has 0 radical (unpaired) electrons. The summed E-state index contributed by atoms with van der Waals surface area (Å²) in [5.74, 6) is 0.109. The molecule has 0 spiro atoms. The topological polar surface area (TPSA) is 68.0 Å². The second-order valence-corrected chi connectivity index (χ2v) is 6.64. The second-order valence-electron chi connectivity index (χ2n) is 5.58. The second kappa shape index (κ2) is 6.48. The van der Waals surface area contributed by atoms with Gasteiger partial charge in [0.15, 0.2) is 0 Å². The van der Waals surface area contributed by atoms with Crippen LogP contribution in [0.1, 0.15) is 49.2 Å². The Kier molecular flexibility index (Phi) is 4.93. The molecule has 1 aliphatic rings. The number of nitrogens with zero attached hydrogens (tertiary/aromatic N) is 1. The number of carbonyl (C=O) groups is 1. The van der Waals surface area contributed by atoms with Gasteiger partial charge in [-0.1, -0.05) is 19.3 Å². The van der Waals surface area contributed by atoms with Crippen molar-refractivity contribution in [2.45, 2.75) is 52.0 Å². The maximum Gasteiger partial charge on any atom is 0.220 e. The van der Waals surface area contributed by atoms with Crippen LogP contribution in [0.25, 0.3) is 0 Å². The Morgan fingerprint density at radius 3 is 2.79 bits per heavy atom. The molecule has 4 nitrogen and oxygen atoms in total. The summed E-state index contributed by atoms with van der Waals surface area (Å²) >= 11 is 1.61. The molecule has 1 saturated carbocycles. The van der Waals surface area contributed by atoms with Crippen LogP contribution in [0.4, 0.5) is 0 Å². The third-order valence-electron chi connectivity index (χ3n) is 4.02. The van der Waals surface area contributed by atoms with Crippen LogP contribution in [-0.2, 0) is 11.3 Å². The Bertz CT molecular complexity index is 424. The Morgan fingerprint density at radius 1 is 1.47 bits per heavy atom. The summed E-state index contributed by atoms with van der Waals surface area (Å²) in [6, 6.07) is 0. The van der Waals surface area contributed by atoms with E-state index in [1.54, 1.807) is 11.3 Å². The summed E-state index contributed by atoms with van der Waals surface area (Å²) in [4.78, 5) is 16.4. The summed E-state index contributed by atoms with van der Waals surface area (Å²) in [6.07, 6.45) is 6.43. The fraction of sp³-hybridized carbons (Fsp3) is 0.714. The van der Waals surface area contributed by atoms with Gasteiger partial charge in [0, 0.05) is 11.8 Å². The number of amides is 1. The lowest BCUT2D eigenvalue weighted by Crippen LogP contribution is -2.38. The van der Waals surface area contributed by atoms with Crippen LogP contribution in [-0.4, -0.2) is 17.4 Å². The highest BCUT2D eigenvalue weighted by molar-refractivity contribution is 7.09. The van der Waals surface area contributed by atoms with E-state index < -0.39 is 0 Å². The van der Waals surface area contributed by atoms with Gasteiger partial charge in [-0.05, 0) is 31.7 Å². The summed E-state index contributed by atoms with van der Waals surface area (Å²) in [7, 11) is 0. The minimum atomic E-state index is 0.0420. The lowest BCUT2D eigenvalue weighted by molar-refractivity contribution is -0.124. The van der Waals surface area contributed by atoms with Crippen molar-refractivity contribution in [3.63, 3.8) is 0 Å². The first kappa shape index (κ1) is 14.5. The molecule has 1 fully saturated rings. The van der Waals surface area contributed by atoms with Gasteiger partial charge in [0.2, 0.25) is 5.91 Å². The lowest BCUT2D eigenvalue weighted by Gasteiger charge is -2.35. The quantitative estimate of drug-likeness (QED) is 0.870. The molecular weight excluding hydrogens is 258 g/mol. The zero-order valence-electron chi connectivity index (χ0n) is 11.6. The van der Waals surface area contributed by atoms with E-state index in [0.29, 0.717) is 19.5 Å². The number of nitrogens with one attached hydrogen (secondary N) is 1. The van der Waals surface area contributed by atoms with Crippen molar-refractivity contribution in [3.05, 3.63) is 16.1 Å². The van der Waals surface area contributed by atoms with Crippen LogP contribution in [0.15, 0.2) is 5.38 Å². The summed E-state index contributed by atoms with van der Waals surface area (Å²) in [5, 5.41) is 6.00. The predicted octanol–water partition coefficient (Wildman–Crippen LogP) is 2.37. The highest BCUT2D eigenvalue weighted by Gasteiger charge is 2.32. The molecule has 5 heteroatoms. The molecule has 1 aromatic heterocycles. The number of hydrogen-bond donors (Lipinski definition) is 2. The third-order valence-corrected chi connectivity index (χ3v) is 4.84. The fourth-order valence-corrected chi connectivity index (χ4v) is 3.45. The van der Waals surface area contributed by atoms with Crippen LogP contribution in [0.2, 0.25) is 0 Å². The van der Waals surface area contributed by atoms with E-state index in [1.807, 2.05) is 12.3 Å². The highest BCUT2D eigenvalue weighted by Crippen LogP contribution is 2.38. The van der Waals surface area contributed by atoms with E-state index in [0.717, 1.165) is 23.5 Å². The van der Waals surface area contributed by atoms with Gasteiger partial charge in [0.25, 0.3) is 0 Å². The molecule has 0 unspecified atom stereocenters. The van der Waals surface area contributed by atoms with Gasteiger partial charge in [-0.3, -0.25) is 4.79 Å². The minimum absolute atomic E-state index is 0.0420. The van der Waals surface area contributed by atoms with E-state index >= 15 is 0 Å². The number of aryl methyl sites for hydroxylation is 1. The van der Waals surface area contributed by atoms with Gasteiger partial charge < -0.3 is 11.1 Å². The molecule has 3 N–H and O–H groups in total. The number of aromatic nitrogens is 1.